The second-order valence-electron chi connectivity index (χ2n) is 4.14. The lowest BCUT2D eigenvalue weighted by atomic mass is 10.1. The Balaban J connectivity index is 2.20. The van der Waals surface area contributed by atoms with Crippen LogP contribution in [0, 0.1) is 0 Å². The summed E-state index contributed by atoms with van der Waals surface area (Å²) in [5.41, 5.74) is 7.88. The largest absolute Gasteiger partial charge is 0.494 e. The minimum atomic E-state index is 0.708. The van der Waals surface area contributed by atoms with E-state index >= 15 is 0 Å². The number of ether oxygens (including phenoxy) is 1. The van der Waals surface area contributed by atoms with Crippen LogP contribution in [0.3, 0.4) is 0 Å². The molecular formula is C14H19N3O. The van der Waals surface area contributed by atoms with E-state index in [1.165, 1.54) is 0 Å². The van der Waals surface area contributed by atoms with Gasteiger partial charge in [-0.15, -0.1) is 0 Å². The molecule has 1 heterocycles. The lowest BCUT2D eigenvalue weighted by molar-refractivity contribution is 0.317. The molecule has 0 atom stereocenters. The van der Waals surface area contributed by atoms with E-state index in [1.807, 2.05) is 35.8 Å². The van der Waals surface area contributed by atoms with E-state index in [1.54, 1.807) is 6.33 Å². The van der Waals surface area contributed by atoms with E-state index in [0.29, 0.717) is 5.82 Å². The maximum atomic E-state index is 6.03. The fourth-order valence-corrected chi connectivity index (χ4v) is 1.80. The van der Waals surface area contributed by atoms with Gasteiger partial charge in [0.25, 0.3) is 0 Å². The summed E-state index contributed by atoms with van der Waals surface area (Å²) in [6, 6.07) is 7.89. The van der Waals surface area contributed by atoms with Crippen molar-refractivity contribution >= 4 is 5.82 Å². The molecule has 0 aliphatic heterocycles. The molecule has 2 rings (SSSR count). The number of nitrogen functional groups attached to an aromatic ring is 1. The lowest BCUT2D eigenvalue weighted by Crippen LogP contribution is -1.99. The molecule has 0 saturated carbocycles. The Morgan fingerprint density at radius 3 is 2.50 bits per heavy atom. The van der Waals surface area contributed by atoms with Crippen LogP contribution < -0.4 is 10.5 Å². The molecule has 1 aromatic carbocycles. The minimum Gasteiger partial charge on any atom is -0.494 e. The third-order valence-corrected chi connectivity index (χ3v) is 2.82. The van der Waals surface area contributed by atoms with Gasteiger partial charge in [0.05, 0.1) is 12.9 Å². The van der Waals surface area contributed by atoms with Crippen molar-refractivity contribution in [2.75, 3.05) is 12.3 Å². The summed E-state index contributed by atoms with van der Waals surface area (Å²) >= 11 is 0. The first-order chi connectivity index (χ1) is 8.76. The monoisotopic (exact) mass is 245 g/mol. The van der Waals surface area contributed by atoms with Gasteiger partial charge in [0.15, 0.2) is 0 Å². The maximum Gasteiger partial charge on any atom is 0.131 e. The van der Waals surface area contributed by atoms with E-state index in [-0.39, 0.29) is 0 Å². The van der Waals surface area contributed by atoms with Crippen LogP contribution >= 0.6 is 0 Å². The molecule has 0 spiro atoms. The van der Waals surface area contributed by atoms with Crippen LogP contribution in [0.25, 0.3) is 11.3 Å². The van der Waals surface area contributed by atoms with Gasteiger partial charge >= 0.3 is 0 Å². The molecule has 4 heteroatoms. The Morgan fingerprint density at radius 2 is 1.94 bits per heavy atom. The topological polar surface area (TPSA) is 53.1 Å². The molecule has 0 unspecified atom stereocenters. The van der Waals surface area contributed by atoms with Gasteiger partial charge in [0.1, 0.15) is 17.3 Å². The molecule has 0 fully saturated rings. The van der Waals surface area contributed by atoms with Gasteiger partial charge in [-0.1, -0.05) is 6.92 Å². The number of aryl methyl sites for hydroxylation is 1. The van der Waals surface area contributed by atoms with Gasteiger partial charge in [0.2, 0.25) is 0 Å². The summed E-state index contributed by atoms with van der Waals surface area (Å²) in [6.45, 7) is 5.71. The van der Waals surface area contributed by atoms with E-state index in [9.17, 15) is 0 Å². The molecular weight excluding hydrogens is 226 g/mol. The summed E-state index contributed by atoms with van der Waals surface area (Å²) in [4.78, 5) is 4.35. The van der Waals surface area contributed by atoms with Crippen molar-refractivity contribution in [3.8, 4) is 17.0 Å². The van der Waals surface area contributed by atoms with Crippen LogP contribution in [-0.4, -0.2) is 16.2 Å². The highest BCUT2D eigenvalue weighted by Crippen LogP contribution is 2.26. The van der Waals surface area contributed by atoms with Crippen molar-refractivity contribution in [1.82, 2.24) is 9.55 Å². The third kappa shape index (κ3) is 2.47. The summed E-state index contributed by atoms with van der Waals surface area (Å²) in [6.07, 6.45) is 2.78. The van der Waals surface area contributed by atoms with Crippen molar-refractivity contribution in [3.63, 3.8) is 0 Å². The summed E-state index contributed by atoms with van der Waals surface area (Å²) in [5, 5.41) is 0. The molecule has 0 aliphatic rings. The molecule has 0 saturated heterocycles. The molecule has 0 radical (unpaired) electrons. The zero-order valence-corrected chi connectivity index (χ0v) is 10.9. The Morgan fingerprint density at radius 1 is 1.22 bits per heavy atom. The number of nitrogens with two attached hydrogens (primary N) is 1. The number of aromatic nitrogens is 2. The highest BCUT2D eigenvalue weighted by molar-refractivity contribution is 5.70. The van der Waals surface area contributed by atoms with Crippen molar-refractivity contribution in [2.45, 2.75) is 26.8 Å². The minimum absolute atomic E-state index is 0.708. The summed E-state index contributed by atoms with van der Waals surface area (Å²) in [7, 11) is 0. The first-order valence-corrected chi connectivity index (χ1v) is 6.30. The van der Waals surface area contributed by atoms with Crippen LogP contribution in [-0.2, 0) is 6.54 Å². The molecule has 1 aromatic heterocycles. The number of hydrogen-bond acceptors (Lipinski definition) is 3. The van der Waals surface area contributed by atoms with E-state index in [0.717, 1.165) is 36.6 Å². The Hall–Kier alpha value is -1.97. The predicted molar refractivity (Wildman–Crippen MR) is 73.5 cm³/mol. The van der Waals surface area contributed by atoms with Crippen LogP contribution in [0.1, 0.15) is 20.3 Å². The number of nitrogens with zero attached hydrogens (tertiary/aromatic N) is 2. The number of rotatable bonds is 5. The second kappa shape index (κ2) is 5.58. The number of benzene rings is 1. The fraction of sp³-hybridized carbons (Fsp3) is 0.357. The fourth-order valence-electron chi connectivity index (χ4n) is 1.80. The van der Waals surface area contributed by atoms with Crippen LogP contribution in [0.4, 0.5) is 5.82 Å². The summed E-state index contributed by atoms with van der Waals surface area (Å²) in [5.74, 6) is 1.59. The van der Waals surface area contributed by atoms with Gasteiger partial charge in [-0.05, 0) is 37.6 Å². The zero-order valence-electron chi connectivity index (χ0n) is 10.9. The Labute approximate surface area is 107 Å². The normalized spacial score (nSPS) is 10.6. The molecule has 18 heavy (non-hydrogen) atoms. The molecule has 4 nitrogen and oxygen atoms in total. The Bertz CT molecular complexity index is 502. The van der Waals surface area contributed by atoms with E-state index in [4.69, 9.17) is 10.5 Å². The van der Waals surface area contributed by atoms with Crippen molar-refractivity contribution in [3.05, 3.63) is 30.6 Å². The first kappa shape index (κ1) is 12.5. The molecule has 0 amide bonds. The average molecular weight is 245 g/mol. The Kier molecular flexibility index (Phi) is 3.87. The average Bonchev–Trinajstić information content (AvgIpc) is 2.78. The van der Waals surface area contributed by atoms with Crippen LogP contribution in [0.5, 0.6) is 5.75 Å². The van der Waals surface area contributed by atoms with Crippen molar-refractivity contribution in [1.29, 1.82) is 0 Å². The van der Waals surface area contributed by atoms with Crippen LogP contribution in [0.2, 0.25) is 0 Å². The van der Waals surface area contributed by atoms with Crippen LogP contribution in [0.15, 0.2) is 30.6 Å². The van der Waals surface area contributed by atoms with Gasteiger partial charge in [-0.3, -0.25) is 0 Å². The van der Waals surface area contributed by atoms with Crippen molar-refractivity contribution in [2.24, 2.45) is 0 Å². The van der Waals surface area contributed by atoms with E-state index < -0.39 is 0 Å². The molecule has 0 aliphatic carbocycles. The van der Waals surface area contributed by atoms with Gasteiger partial charge < -0.3 is 15.0 Å². The zero-order chi connectivity index (χ0) is 13.0. The summed E-state index contributed by atoms with van der Waals surface area (Å²) < 4.78 is 7.47. The lowest BCUT2D eigenvalue weighted by Gasteiger charge is -2.06. The SMILES string of the molecule is CCCOc1ccc(-c2ncn(CC)c2N)cc1. The molecule has 96 valence electrons. The van der Waals surface area contributed by atoms with Gasteiger partial charge in [-0.25, -0.2) is 4.98 Å². The first-order valence-electron chi connectivity index (χ1n) is 6.30. The standard InChI is InChI=1S/C14H19N3O/c1-3-9-18-12-7-5-11(6-8-12)13-14(15)17(4-2)10-16-13/h5-8,10H,3-4,9,15H2,1-2H3. The van der Waals surface area contributed by atoms with Gasteiger partial charge in [-0.2, -0.15) is 0 Å². The van der Waals surface area contributed by atoms with Gasteiger partial charge in [0, 0.05) is 12.1 Å². The molecule has 0 bridgehead atoms. The van der Waals surface area contributed by atoms with E-state index in [2.05, 4.69) is 11.9 Å². The predicted octanol–water partition coefficient (Wildman–Crippen LogP) is 2.94. The molecule has 2 N–H and O–H groups in total. The van der Waals surface area contributed by atoms with Crippen molar-refractivity contribution < 1.29 is 4.74 Å². The molecule has 2 aromatic rings. The number of anilines is 1. The quantitative estimate of drug-likeness (QED) is 0.881. The third-order valence-electron chi connectivity index (χ3n) is 2.82. The highest BCUT2D eigenvalue weighted by atomic mass is 16.5. The highest BCUT2D eigenvalue weighted by Gasteiger charge is 2.08. The number of hydrogen-bond donors (Lipinski definition) is 1. The second-order valence-corrected chi connectivity index (χ2v) is 4.14. The smallest absolute Gasteiger partial charge is 0.131 e. The number of imidazole rings is 1. The maximum absolute atomic E-state index is 6.03.